The van der Waals surface area contributed by atoms with E-state index in [0.717, 1.165) is 3.57 Å². The van der Waals surface area contributed by atoms with Crippen molar-refractivity contribution < 1.29 is 4.79 Å². The summed E-state index contributed by atoms with van der Waals surface area (Å²) in [5, 5.41) is 2.88. The number of nitrogens with one attached hydrogen (secondary N) is 1. The van der Waals surface area contributed by atoms with Crippen LogP contribution in [0.15, 0.2) is 12.4 Å². The van der Waals surface area contributed by atoms with E-state index in [1.165, 1.54) is 0 Å². The number of hydrogen-bond acceptors (Lipinski definition) is 4. The normalized spacial score (nSPS) is 9.62. The molecule has 0 unspecified atom stereocenters. The predicted molar refractivity (Wildman–Crippen MR) is 57.1 cm³/mol. The van der Waals surface area contributed by atoms with E-state index in [1.807, 2.05) is 0 Å². The van der Waals surface area contributed by atoms with Gasteiger partial charge < -0.3 is 11.1 Å². The van der Waals surface area contributed by atoms with Crippen molar-refractivity contribution >= 4 is 34.4 Å². The summed E-state index contributed by atoms with van der Waals surface area (Å²) in [4.78, 5) is 18.4. The summed E-state index contributed by atoms with van der Waals surface area (Å²) >= 11 is 2.12. The van der Waals surface area contributed by atoms with Gasteiger partial charge in [0.2, 0.25) is 11.9 Å². The van der Waals surface area contributed by atoms with Crippen molar-refractivity contribution in [3.63, 3.8) is 0 Å². The zero-order chi connectivity index (χ0) is 9.68. The van der Waals surface area contributed by atoms with Gasteiger partial charge in [-0.15, -0.1) is 0 Å². The molecule has 0 saturated carbocycles. The zero-order valence-corrected chi connectivity index (χ0v) is 8.98. The highest BCUT2D eigenvalue weighted by Crippen LogP contribution is 2.02. The van der Waals surface area contributed by atoms with Crippen LogP contribution in [0.5, 0.6) is 0 Å². The molecular formula is C7H9IN4O. The summed E-state index contributed by atoms with van der Waals surface area (Å²) in [5.41, 5.74) is 4.96. The Morgan fingerprint density at radius 3 is 2.69 bits per heavy atom. The van der Waals surface area contributed by atoms with Gasteiger partial charge in [0.25, 0.3) is 0 Å². The highest BCUT2D eigenvalue weighted by atomic mass is 127. The van der Waals surface area contributed by atoms with Crippen LogP contribution in [0.2, 0.25) is 0 Å². The molecule has 1 aromatic heterocycles. The molecule has 1 heterocycles. The van der Waals surface area contributed by atoms with Gasteiger partial charge in [-0.3, -0.25) is 4.79 Å². The van der Waals surface area contributed by atoms with Crippen LogP contribution in [0.4, 0.5) is 5.95 Å². The molecule has 3 N–H and O–H groups in total. The van der Waals surface area contributed by atoms with Crippen molar-refractivity contribution in [2.24, 2.45) is 5.73 Å². The van der Waals surface area contributed by atoms with Crippen LogP contribution in [0, 0.1) is 3.57 Å². The van der Waals surface area contributed by atoms with Crippen LogP contribution in [-0.4, -0.2) is 22.4 Å². The minimum Gasteiger partial charge on any atom is -0.370 e. The maximum Gasteiger partial charge on any atom is 0.222 e. The summed E-state index contributed by atoms with van der Waals surface area (Å²) in [6.45, 7) is 0.468. The monoisotopic (exact) mass is 292 g/mol. The van der Waals surface area contributed by atoms with Gasteiger partial charge in [-0.25, -0.2) is 9.97 Å². The number of nitrogens with two attached hydrogens (primary N) is 1. The molecular weight excluding hydrogens is 283 g/mol. The van der Waals surface area contributed by atoms with E-state index < -0.39 is 0 Å². The smallest absolute Gasteiger partial charge is 0.222 e. The van der Waals surface area contributed by atoms with Crippen LogP contribution in [0.25, 0.3) is 0 Å². The van der Waals surface area contributed by atoms with E-state index in [9.17, 15) is 4.79 Å². The first-order valence-corrected chi connectivity index (χ1v) is 4.76. The van der Waals surface area contributed by atoms with Crippen molar-refractivity contribution in [1.82, 2.24) is 9.97 Å². The molecule has 0 aliphatic carbocycles. The lowest BCUT2D eigenvalue weighted by atomic mass is 10.4. The third kappa shape index (κ3) is 4.02. The second-order valence-corrected chi connectivity index (χ2v) is 3.61. The number of rotatable bonds is 4. The largest absolute Gasteiger partial charge is 0.370 e. The van der Waals surface area contributed by atoms with E-state index in [1.54, 1.807) is 12.4 Å². The van der Waals surface area contributed by atoms with E-state index in [-0.39, 0.29) is 12.3 Å². The van der Waals surface area contributed by atoms with E-state index >= 15 is 0 Å². The Bertz CT molecular complexity index is 287. The number of halogens is 1. The molecule has 0 spiro atoms. The fourth-order valence-electron chi connectivity index (χ4n) is 0.701. The molecule has 0 bridgehead atoms. The number of hydrogen-bond donors (Lipinski definition) is 2. The molecule has 1 amide bonds. The number of carbonyl (C=O) groups is 1. The van der Waals surface area contributed by atoms with Gasteiger partial charge >= 0.3 is 0 Å². The average Bonchev–Trinajstić information content (AvgIpc) is 2.08. The quantitative estimate of drug-likeness (QED) is 0.786. The van der Waals surface area contributed by atoms with Gasteiger partial charge in [-0.1, -0.05) is 0 Å². The van der Waals surface area contributed by atoms with Gasteiger partial charge in [0.1, 0.15) is 0 Å². The molecule has 0 fully saturated rings. The molecule has 0 aromatic carbocycles. The van der Waals surface area contributed by atoms with Gasteiger partial charge in [-0.05, 0) is 22.6 Å². The Hall–Kier alpha value is -0.920. The minimum absolute atomic E-state index is 0.287. The van der Waals surface area contributed by atoms with Crippen molar-refractivity contribution in [2.75, 3.05) is 11.9 Å². The Balaban J connectivity index is 2.37. The highest BCUT2D eigenvalue weighted by molar-refractivity contribution is 14.1. The number of amides is 1. The van der Waals surface area contributed by atoms with Crippen molar-refractivity contribution in [2.45, 2.75) is 6.42 Å². The Morgan fingerprint density at radius 1 is 1.54 bits per heavy atom. The number of primary amides is 1. The van der Waals surface area contributed by atoms with Crippen LogP contribution in [-0.2, 0) is 4.79 Å². The standard InChI is InChI=1S/C7H9IN4O/c8-5-3-11-7(12-4-5)10-2-1-6(9)13/h3-4H,1-2H2,(H2,9,13)(H,10,11,12). The first-order chi connectivity index (χ1) is 6.18. The Kier molecular flexibility index (Phi) is 3.87. The van der Waals surface area contributed by atoms with Gasteiger partial charge in [-0.2, -0.15) is 0 Å². The van der Waals surface area contributed by atoms with Crippen LogP contribution in [0.1, 0.15) is 6.42 Å². The first kappa shape index (κ1) is 10.2. The third-order valence-corrected chi connectivity index (χ3v) is 1.83. The average molecular weight is 292 g/mol. The lowest BCUT2D eigenvalue weighted by Gasteiger charge is -2.01. The minimum atomic E-state index is -0.335. The molecule has 1 rings (SSSR count). The maximum atomic E-state index is 10.4. The van der Waals surface area contributed by atoms with Crippen LogP contribution >= 0.6 is 22.6 Å². The lowest BCUT2D eigenvalue weighted by Crippen LogP contribution is -2.16. The number of aromatic nitrogens is 2. The molecule has 0 saturated heterocycles. The van der Waals surface area contributed by atoms with Gasteiger partial charge in [0.05, 0.1) is 0 Å². The predicted octanol–water partition coefficient (Wildman–Crippen LogP) is 0.368. The Labute approximate surface area is 89.3 Å². The topological polar surface area (TPSA) is 80.9 Å². The Morgan fingerprint density at radius 2 is 2.15 bits per heavy atom. The van der Waals surface area contributed by atoms with Crippen molar-refractivity contribution in [3.8, 4) is 0 Å². The molecule has 6 heteroatoms. The van der Waals surface area contributed by atoms with E-state index in [0.29, 0.717) is 12.5 Å². The molecule has 0 aliphatic heterocycles. The fraction of sp³-hybridized carbons (Fsp3) is 0.286. The van der Waals surface area contributed by atoms with Crippen molar-refractivity contribution in [3.05, 3.63) is 16.0 Å². The van der Waals surface area contributed by atoms with E-state index in [4.69, 9.17) is 5.73 Å². The second kappa shape index (κ2) is 4.95. The van der Waals surface area contributed by atoms with E-state index in [2.05, 4.69) is 37.9 Å². The molecule has 13 heavy (non-hydrogen) atoms. The van der Waals surface area contributed by atoms with Crippen molar-refractivity contribution in [1.29, 1.82) is 0 Å². The molecule has 5 nitrogen and oxygen atoms in total. The molecule has 0 aliphatic rings. The van der Waals surface area contributed by atoms with Crippen LogP contribution in [0.3, 0.4) is 0 Å². The molecule has 70 valence electrons. The third-order valence-electron chi connectivity index (χ3n) is 1.27. The molecule has 0 radical (unpaired) electrons. The number of carbonyl (C=O) groups excluding carboxylic acids is 1. The van der Waals surface area contributed by atoms with Crippen LogP contribution < -0.4 is 11.1 Å². The second-order valence-electron chi connectivity index (χ2n) is 2.37. The summed E-state index contributed by atoms with van der Waals surface area (Å²) in [5.74, 6) is 0.180. The molecule has 1 aromatic rings. The number of anilines is 1. The number of nitrogens with zero attached hydrogens (tertiary/aromatic N) is 2. The summed E-state index contributed by atoms with van der Waals surface area (Å²) in [6.07, 6.45) is 3.68. The van der Waals surface area contributed by atoms with Gasteiger partial charge in [0, 0.05) is 28.9 Å². The lowest BCUT2D eigenvalue weighted by molar-refractivity contribution is -0.117. The fourth-order valence-corrected chi connectivity index (χ4v) is 0.980. The maximum absolute atomic E-state index is 10.4. The zero-order valence-electron chi connectivity index (χ0n) is 6.83. The first-order valence-electron chi connectivity index (χ1n) is 3.68. The summed E-state index contributed by atoms with van der Waals surface area (Å²) in [7, 11) is 0. The summed E-state index contributed by atoms with van der Waals surface area (Å²) < 4.78 is 0.970. The summed E-state index contributed by atoms with van der Waals surface area (Å²) in [6, 6.07) is 0. The van der Waals surface area contributed by atoms with Gasteiger partial charge in [0.15, 0.2) is 0 Å². The highest BCUT2D eigenvalue weighted by Gasteiger charge is 1.96. The SMILES string of the molecule is NC(=O)CCNc1ncc(I)cn1. The molecule has 0 atom stereocenters.